The van der Waals surface area contributed by atoms with Crippen molar-refractivity contribution in [1.29, 1.82) is 0 Å². The molecule has 2 fully saturated rings. The van der Waals surface area contributed by atoms with Gasteiger partial charge in [0.15, 0.2) is 0 Å². The average Bonchev–Trinajstić information content (AvgIpc) is 3.08. The first-order chi connectivity index (χ1) is 15.2. The lowest BCUT2D eigenvalue weighted by molar-refractivity contribution is -0.137. The Morgan fingerprint density at radius 3 is 2.19 bits per heavy atom. The maximum absolute atomic E-state index is 12.7. The van der Waals surface area contributed by atoms with Crippen LogP contribution in [0.25, 0.3) is 0 Å². The smallest absolute Gasteiger partial charge is 0.326 e. The van der Waals surface area contributed by atoms with E-state index in [1.54, 1.807) is 24.3 Å². The highest BCUT2D eigenvalue weighted by atomic mass is 19.4. The Kier molecular flexibility index (Phi) is 5.90. The zero-order valence-corrected chi connectivity index (χ0v) is 17.1. The van der Waals surface area contributed by atoms with Crippen molar-refractivity contribution < 1.29 is 27.6 Å². The van der Waals surface area contributed by atoms with Crippen molar-refractivity contribution in [1.82, 2.24) is 0 Å². The molecule has 1 saturated heterocycles. The molecular formula is C23H22F3N3O3. The van der Waals surface area contributed by atoms with Crippen LogP contribution in [0, 0.1) is 11.8 Å². The molecule has 3 amide bonds. The minimum Gasteiger partial charge on any atom is -0.326 e. The molecule has 2 aliphatic rings. The molecule has 1 aliphatic heterocycles. The molecule has 1 aliphatic carbocycles. The van der Waals surface area contributed by atoms with Crippen LogP contribution in [-0.4, -0.2) is 24.3 Å². The first-order valence-corrected chi connectivity index (χ1v) is 10.4. The monoisotopic (exact) mass is 445 g/mol. The Hall–Kier alpha value is -3.36. The lowest BCUT2D eigenvalue weighted by Crippen LogP contribution is -2.29. The molecule has 4 rings (SSSR count). The molecule has 0 unspecified atom stereocenters. The van der Waals surface area contributed by atoms with E-state index in [-0.39, 0.29) is 36.4 Å². The third-order valence-corrected chi connectivity index (χ3v) is 5.88. The van der Waals surface area contributed by atoms with Gasteiger partial charge in [-0.3, -0.25) is 14.4 Å². The fraction of sp³-hybridized carbons (Fsp3) is 0.348. The zero-order valence-electron chi connectivity index (χ0n) is 17.1. The fourth-order valence-electron chi connectivity index (χ4n) is 3.79. The van der Waals surface area contributed by atoms with Gasteiger partial charge >= 0.3 is 6.18 Å². The first kappa shape index (κ1) is 21.9. The van der Waals surface area contributed by atoms with Crippen LogP contribution < -0.4 is 15.5 Å². The van der Waals surface area contributed by atoms with Gasteiger partial charge in [0.2, 0.25) is 17.7 Å². The molecule has 0 aromatic heterocycles. The number of alkyl halides is 3. The molecule has 2 N–H and O–H groups in total. The second kappa shape index (κ2) is 8.64. The summed E-state index contributed by atoms with van der Waals surface area (Å²) in [6.45, 7) is 0.144. The van der Waals surface area contributed by atoms with Crippen molar-refractivity contribution in [3.63, 3.8) is 0 Å². The van der Waals surface area contributed by atoms with Crippen LogP contribution >= 0.6 is 0 Å². The van der Waals surface area contributed by atoms with Crippen LogP contribution in [0.4, 0.5) is 30.2 Å². The van der Waals surface area contributed by atoms with Gasteiger partial charge in [-0.25, -0.2) is 0 Å². The van der Waals surface area contributed by atoms with E-state index in [1.807, 2.05) is 0 Å². The molecule has 32 heavy (non-hydrogen) atoms. The van der Waals surface area contributed by atoms with Gasteiger partial charge in [0, 0.05) is 35.9 Å². The largest absolute Gasteiger partial charge is 0.416 e. The van der Waals surface area contributed by atoms with E-state index in [2.05, 4.69) is 10.6 Å². The molecule has 0 radical (unpaired) electrons. The summed E-state index contributed by atoms with van der Waals surface area (Å²) in [5.74, 6) is -1.31. The normalized spacial score (nSPS) is 18.9. The number of hydrogen-bond donors (Lipinski definition) is 2. The number of carbonyl (C=O) groups excluding carboxylic acids is 3. The average molecular weight is 445 g/mol. The van der Waals surface area contributed by atoms with Crippen molar-refractivity contribution in [2.45, 2.75) is 31.9 Å². The van der Waals surface area contributed by atoms with Crippen LogP contribution in [-0.2, 0) is 20.6 Å². The van der Waals surface area contributed by atoms with E-state index in [9.17, 15) is 27.6 Å². The molecule has 1 saturated carbocycles. The summed E-state index contributed by atoms with van der Waals surface area (Å²) in [6.07, 6.45) is -1.65. The van der Waals surface area contributed by atoms with Crippen LogP contribution in [0.15, 0.2) is 48.5 Å². The van der Waals surface area contributed by atoms with E-state index in [0.717, 1.165) is 31.4 Å². The standard InChI is InChI=1S/C23H22F3N3O3/c24-23(25,26)16-7-9-17(10-8-16)27-22(32)15-11-20(30)29(13-15)19-6-2-5-18(12-19)28-21(31)14-3-1-4-14/h2,5-10,12,14-15H,1,3-4,11,13H2,(H,27,32)(H,28,31)/t15-/m1/s1. The highest BCUT2D eigenvalue weighted by Crippen LogP contribution is 2.32. The number of halogens is 3. The summed E-state index contributed by atoms with van der Waals surface area (Å²) < 4.78 is 38.0. The molecule has 2 aromatic carbocycles. The SMILES string of the molecule is O=C(Nc1cccc(N2C[C@H](C(=O)Nc3ccc(C(F)(F)F)cc3)CC2=O)c1)C1CCC1. The van der Waals surface area contributed by atoms with E-state index in [4.69, 9.17) is 0 Å². The van der Waals surface area contributed by atoms with Gasteiger partial charge in [0.05, 0.1) is 11.5 Å². The summed E-state index contributed by atoms with van der Waals surface area (Å²) in [7, 11) is 0. The molecule has 9 heteroatoms. The quantitative estimate of drug-likeness (QED) is 0.715. The van der Waals surface area contributed by atoms with Crippen molar-refractivity contribution in [2.75, 3.05) is 22.1 Å². The number of rotatable bonds is 5. The summed E-state index contributed by atoms with van der Waals surface area (Å²) >= 11 is 0. The second-order valence-corrected chi connectivity index (χ2v) is 8.14. The number of hydrogen-bond acceptors (Lipinski definition) is 3. The van der Waals surface area contributed by atoms with E-state index in [1.165, 1.54) is 17.0 Å². The van der Waals surface area contributed by atoms with Crippen LogP contribution in [0.3, 0.4) is 0 Å². The Bertz CT molecular complexity index is 1030. The van der Waals surface area contributed by atoms with E-state index >= 15 is 0 Å². The van der Waals surface area contributed by atoms with Gasteiger partial charge in [-0.2, -0.15) is 13.2 Å². The Balaban J connectivity index is 1.39. The van der Waals surface area contributed by atoms with Gasteiger partial charge < -0.3 is 15.5 Å². The lowest BCUT2D eigenvalue weighted by atomic mass is 9.85. The number of nitrogens with zero attached hydrogens (tertiary/aromatic N) is 1. The number of anilines is 3. The summed E-state index contributed by atoms with van der Waals surface area (Å²) in [4.78, 5) is 38.8. The van der Waals surface area contributed by atoms with Gasteiger partial charge in [-0.05, 0) is 55.3 Å². The molecule has 0 bridgehead atoms. The minimum absolute atomic E-state index is 0.00880. The molecule has 1 heterocycles. The molecular weight excluding hydrogens is 423 g/mol. The van der Waals surface area contributed by atoms with Crippen molar-refractivity contribution in [3.8, 4) is 0 Å². The molecule has 1 atom stereocenters. The number of nitrogens with one attached hydrogen (secondary N) is 2. The summed E-state index contributed by atoms with van der Waals surface area (Å²) in [6, 6.07) is 11.1. The predicted octanol–water partition coefficient (Wildman–Crippen LogP) is 4.44. The van der Waals surface area contributed by atoms with Crippen LogP contribution in [0.5, 0.6) is 0 Å². The minimum atomic E-state index is -4.45. The van der Waals surface area contributed by atoms with Crippen LogP contribution in [0.2, 0.25) is 0 Å². The fourth-order valence-corrected chi connectivity index (χ4v) is 3.79. The van der Waals surface area contributed by atoms with E-state index in [0.29, 0.717) is 11.4 Å². The predicted molar refractivity (Wildman–Crippen MR) is 113 cm³/mol. The van der Waals surface area contributed by atoms with Crippen LogP contribution in [0.1, 0.15) is 31.2 Å². The molecule has 168 valence electrons. The number of amides is 3. The maximum Gasteiger partial charge on any atom is 0.416 e. The van der Waals surface area contributed by atoms with E-state index < -0.39 is 23.6 Å². The number of benzene rings is 2. The van der Waals surface area contributed by atoms with Gasteiger partial charge in [0.25, 0.3) is 0 Å². The van der Waals surface area contributed by atoms with Gasteiger partial charge in [0.1, 0.15) is 0 Å². The second-order valence-electron chi connectivity index (χ2n) is 8.14. The van der Waals surface area contributed by atoms with Crippen molar-refractivity contribution >= 4 is 34.8 Å². The highest BCUT2D eigenvalue weighted by molar-refractivity contribution is 6.04. The Morgan fingerprint density at radius 2 is 1.56 bits per heavy atom. The third kappa shape index (κ3) is 4.76. The summed E-state index contributed by atoms with van der Waals surface area (Å²) in [5.41, 5.74) is 0.590. The topological polar surface area (TPSA) is 78.5 Å². The van der Waals surface area contributed by atoms with Crippen molar-refractivity contribution in [2.24, 2.45) is 11.8 Å². The molecule has 0 spiro atoms. The summed E-state index contributed by atoms with van der Waals surface area (Å²) in [5, 5.41) is 5.44. The third-order valence-electron chi connectivity index (χ3n) is 5.88. The zero-order chi connectivity index (χ0) is 22.9. The lowest BCUT2D eigenvalue weighted by Gasteiger charge is -2.24. The molecule has 2 aromatic rings. The maximum atomic E-state index is 12.7. The highest BCUT2D eigenvalue weighted by Gasteiger charge is 2.36. The molecule has 6 nitrogen and oxygen atoms in total. The number of carbonyl (C=O) groups is 3. The van der Waals surface area contributed by atoms with Gasteiger partial charge in [-0.15, -0.1) is 0 Å². The van der Waals surface area contributed by atoms with Gasteiger partial charge in [-0.1, -0.05) is 12.5 Å². The Labute approximate surface area is 182 Å². The first-order valence-electron chi connectivity index (χ1n) is 10.4. The van der Waals surface area contributed by atoms with Crippen molar-refractivity contribution in [3.05, 3.63) is 54.1 Å². The Morgan fingerprint density at radius 1 is 0.906 bits per heavy atom.